The second-order valence-electron chi connectivity index (χ2n) is 7.55. The van der Waals surface area contributed by atoms with Crippen molar-refractivity contribution in [1.82, 2.24) is 15.2 Å². The van der Waals surface area contributed by atoms with Crippen molar-refractivity contribution in [3.63, 3.8) is 0 Å². The lowest BCUT2D eigenvalue weighted by atomic mass is 10.0. The molecule has 0 unspecified atom stereocenters. The summed E-state index contributed by atoms with van der Waals surface area (Å²) in [5.41, 5.74) is 3.29. The summed E-state index contributed by atoms with van der Waals surface area (Å²) in [6.07, 6.45) is 1.70. The molecule has 1 N–H and O–H groups in total. The van der Waals surface area contributed by atoms with Crippen LogP contribution in [0.1, 0.15) is 26.9 Å². The molecule has 152 valence electrons. The summed E-state index contributed by atoms with van der Waals surface area (Å²) < 4.78 is 7.30. The van der Waals surface area contributed by atoms with Crippen molar-refractivity contribution in [2.75, 3.05) is 26.7 Å². The monoisotopic (exact) mass is 417 g/mol. The van der Waals surface area contributed by atoms with Crippen molar-refractivity contribution in [2.24, 2.45) is 0 Å². The number of hydrogen-bond donors (Lipinski definition) is 1. The summed E-state index contributed by atoms with van der Waals surface area (Å²) in [6.45, 7) is 3.13. The first-order chi connectivity index (χ1) is 14.7. The minimum atomic E-state index is -0.121. The SMILES string of the molecule is CNC(=O)c1sc2ccccc2c1[C@H]1CN(Cc2ccc3ncccc3c2)CCO1. The van der Waals surface area contributed by atoms with Crippen LogP contribution in [0.4, 0.5) is 0 Å². The number of thiophene rings is 1. The first-order valence-corrected chi connectivity index (χ1v) is 11.0. The van der Waals surface area contributed by atoms with Gasteiger partial charge < -0.3 is 10.1 Å². The highest BCUT2D eigenvalue weighted by Gasteiger charge is 2.29. The molecule has 5 nitrogen and oxygen atoms in total. The lowest BCUT2D eigenvalue weighted by Crippen LogP contribution is -2.38. The van der Waals surface area contributed by atoms with Gasteiger partial charge in [-0.05, 0) is 35.2 Å². The number of nitrogens with one attached hydrogen (secondary N) is 1. The van der Waals surface area contributed by atoms with Crippen LogP contribution in [-0.4, -0.2) is 42.5 Å². The second-order valence-corrected chi connectivity index (χ2v) is 8.60. The zero-order valence-electron chi connectivity index (χ0n) is 16.8. The van der Waals surface area contributed by atoms with E-state index in [4.69, 9.17) is 4.74 Å². The van der Waals surface area contributed by atoms with E-state index in [0.717, 1.165) is 51.1 Å². The van der Waals surface area contributed by atoms with Crippen LogP contribution in [0, 0.1) is 0 Å². The highest BCUT2D eigenvalue weighted by atomic mass is 32.1. The molecule has 1 saturated heterocycles. The summed E-state index contributed by atoms with van der Waals surface area (Å²) in [4.78, 5) is 20.1. The van der Waals surface area contributed by atoms with Crippen LogP contribution in [0.25, 0.3) is 21.0 Å². The fourth-order valence-corrected chi connectivity index (χ4v) is 5.37. The number of carbonyl (C=O) groups is 1. The van der Waals surface area contributed by atoms with Crippen LogP contribution in [0.15, 0.2) is 60.8 Å². The highest BCUT2D eigenvalue weighted by Crippen LogP contribution is 2.38. The lowest BCUT2D eigenvalue weighted by Gasteiger charge is -2.33. The molecule has 0 saturated carbocycles. The Labute approximate surface area is 179 Å². The molecule has 1 aliphatic rings. The van der Waals surface area contributed by atoms with Crippen molar-refractivity contribution in [2.45, 2.75) is 12.6 Å². The van der Waals surface area contributed by atoms with Gasteiger partial charge in [0.15, 0.2) is 0 Å². The van der Waals surface area contributed by atoms with E-state index in [0.29, 0.717) is 6.61 Å². The van der Waals surface area contributed by atoms with Gasteiger partial charge in [0.05, 0.1) is 23.1 Å². The van der Waals surface area contributed by atoms with Crippen molar-refractivity contribution in [3.8, 4) is 0 Å². The summed E-state index contributed by atoms with van der Waals surface area (Å²) in [6, 6.07) is 18.7. The number of ether oxygens (including phenoxy) is 1. The molecular formula is C24H23N3O2S. The van der Waals surface area contributed by atoms with Crippen molar-refractivity contribution >= 4 is 38.2 Å². The van der Waals surface area contributed by atoms with Crippen LogP contribution in [0.2, 0.25) is 0 Å². The fraction of sp³-hybridized carbons (Fsp3) is 0.250. The Hall–Kier alpha value is -2.80. The Morgan fingerprint density at radius 1 is 1.23 bits per heavy atom. The number of morpholine rings is 1. The van der Waals surface area contributed by atoms with E-state index in [1.807, 2.05) is 24.4 Å². The predicted molar refractivity (Wildman–Crippen MR) is 121 cm³/mol. The molecule has 0 aliphatic carbocycles. The average Bonchev–Trinajstić information content (AvgIpc) is 3.18. The number of amides is 1. The van der Waals surface area contributed by atoms with Gasteiger partial charge in [-0.2, -0.15) is 0 Å². The number of hydrogen-bond acceptors (Lipinski definition) is 5. The van der Waals surface area contributed by atoms with Crippen LogP contribution in [0.5, 0.6) is 0 Å². The molecule has 1 fully saturated rings. The third kappa shape index (κ3) is 3.58. The van der Waals surface area contributed by atoms with E-state index in [-0.39, 0.29) is 12.0 Å². The van der Waals surface area contributed by atoms with Crippen LogP contribution >= 0.6 is 11.3 Å². The molecule has 4 aromatic rings. The van der Waals surface area contributed by atoms with E-state index >= 15 is 0 Å². The maximum atomic E-state index is 12.6. The van der Waals surface area contributed by atoms with E-state index in [2.05, 4.69) is 51.6 Å². The van der Waals surface area contributed by atoms with Crippen LogP contribution in [0.3, 0.4) is 0 Å². The number of rotatable bonds is 4. The first-order valence-electron chi connectivity index (χ1n) is 10.1. The summed E-state index contributed by atoms with van der Waals surface area (Å²) in [7, 11) is 1.68. The molecule has 2 aromatic heterocycles. The lowest BCUT2D eigenvalue weighted by molar-refractivity contribution is -0.0323. The second kappa shape index (κ2) is 8.14. The number of pyridine rings is 1. The Morgan fingerprint density at radius 2 is 2.13 bits per heavy atom. The maximum Gasteiger partial charge on any atom is 0.261 e. The summed E-state index contributed by atoms with van der Waals surface area (Å²) in [5, 5.41) is 5.06. The van der Waals surface area contributed by atoms with Crippen LogP contribution in [-0.2, 0) is 11.3 Å². The van der Waals surface area contributed by atoms with Gasteiger partial charge in [-0.15, -0.1) is 11.3 Å². The van der Waals surface area contributed by atoms with Crippen molar-refractivity contribution in [3.05, 3.63) is 76.8 Å². The molecule has 0 radical (unpaired) electrons. The fourth-order valence-electron chi connectivity index (χ4n) is 4.17. The van der Waals surface area contributed by atoms with Gasteiger partial charge in [0.1, 0.15) is 0 Å². The number of nitrogens with zero attached hydrogens (tertiary/aromatic N) is 2. The summed E-state index contributed by atoms with van der Waals surface area (Å²) >= 11 is 1.54. The quantitative estimate of drug-likeness (QED) is 0.535. The number of benzene rings is 2. The van der Waals surface area contributed by atoms with Gasteiger partial charge in [-0.3, -0.25) is 14.7 Å². The average molecular weight is 418 g/mol. The Kier molecular flexibility index (Phi) is 5.21. The van der Waals surface area contributed by atoms with Crippen molar-refractivity contribution < 1.29 is 9.53 Å². The molecule has 1 atom stereocenters. The number of fused-ring (bicyclic) bond motifs is 2. The smallest absolute Gasteiger partial charge is 0.261 e. The molecule has 3 heterocycles. The van der Waals surface area contributed by atoms with Gasteiger partial charge >= 0.3 is 0 Å². The van der Waals surface area contributed by atoms with E-state index in [9.17, 15) is 4.79 Å². The molecule has 6 heteroatoms. The predicted octanol–water partition coefficient (Wildman–Crippen LogP) is 4.38. The zero-order chi connectivity index (χ0) is 20.5. The largest absolute Gasteiger partial charge is 0.371 e. The van der Waals surface area contributed by atoms with Gasteiger partial charge in [0, 0.05) is 48.5 Å². The molecule has 30 heavy (non-hydrogen) atoms. The minimum absolute atomic E-state index is 0.0473. The number of carbonyl (C=O) groups excluding carboxylic acids is 1. The Balaban J connectivity index is 1.43. The van der Waals surface area contributed by atoms with Crippen LogP contribution < -0.4 is 5.32 Å². The summed E-state index contributed by atoms with van der Waals surface area (Å²) in [5.74, 6) is -0.0473. The normalized spacial score (nSPS) is 17.4. The Morgan fingerprint density at radius 3 is 3.03 bits per heavy atom. The van der Waals surface area contributed by atoms with E-state index in [1.54, 1.807) is 7.05 Å². The Bertz CT molecular complexity index is 1220. The topological polar surface area (TPSA) is 54.5 Å². The number of aromatic nitrogens is 1. The van der Waals surface area contributed by atoms with E-state index in [1.165, 1.54) is 16.9 Å². The van der Waals surface area contributed by atoms with E-state index < -0.39 is 0 Å². The van der Waals surface area contributed by atoms with Gasteiger partial charge in [0.25, 0.3) is 5.91 Å². The third-order valence-corrected chi connectivity index (χ3v) is 6.80. The van der Waals surface area contributed by atoms with Gasteiger partial charge in [-0.1, -0.05) is 30.3 Å². The van der Waals surface area contributed by atoms with Crippen molar-refractivity contribution in [1.29, 1.82) is 0 Å². The zero-order valence-corrected chi connectivity index (χ0v) is 17.6. The molecule has 0 bridgehead atoms. The molecule has 2 aromatic carbocycles. The standard InChI is InChI=1S/C24H23N3O2S/c1-25-24(28)23-22(18-6-2-3-7-21(18)30-23)20-15-27(11-12-29-20)14-16-8-9-19-17(13-16)5-4-10-26-19/h2-10,13,20H,11-12,14-15H2,1H3,(H,25,28)/t20-/m1/s1. The molecule has 0 spiro atoms. The molecular weight excluding hydrogens is 394 g/mol. The van der Waals surface area contributed by atoms with Gasteiger partial charge in [0.2, 0.25) is 0 Å². The highest BCUT2D eigenvalue weighted by molar-refractivity contribution is 7.21. The first kappa shape index (κ1) is 19.2. The molecule has 1 amide bonds. The third-order valence-electron chi connectivity index (χ3n) is 5.61. The maximum absolute atomic E-state index is 12.6. The molecule has 5 rings (SSSR count). The van der Waals surface area contributed by atoms with Gasteiger partial charge in [-0.25, -0.2) is 0 Å². The molecule has 1 aliphatic heterocycles. The minimum Gasteiger partial charge on any atom is -0.371 e.